The molecule has 33 heavy (non-hydrogen) atoms. The zero-order valence-electron chi connectivity index (χ0n) is 19.5. The molecule has 2 saturated heterocycles. The summed E-state index contributed by atoms with van der Waals surface area (Å²) in [6, 6.07) is 18.7. The third-order valence-corrected chi connectivity index (χ3v) is 7.22. The third-order valence-electron chi connectivity index (χ3n) is 7.22. The Bertz CT molecular complexity index is 1030. The highest BCUT2D eigenvalue weighted by atomic mass is 16.3. The van der Waals surface area contributed by atoms with Crippen molar-refractivity contribution in [2.75, 3.05) is 26.2 Å². The van der Waals surface area contributed by atoms with E-state index in [1.54, 1.807) is 0 Å². The lowest BCUT2D eigenvalue weighted by atomic mass is 9.96. The fraction of sp³-hybridized carbons (Fsp3) is 0.481. The Balaban J connectivity index is 1.12. The minimum Gasteiger partial charge on any atom is -0.440 e. The van der Waals surface area contributed by atoms with Gasteiger partial charge in [-0.15, -0.1) is 0 Å². The van der Waals surface area contributed by atoms with Crippen LogP contribution in [0.4, 0.5) is 0 Å². The van der Waals surface area contributed by atoms with Gasteiger partial charge in [0.25, 0.3) is 0 Å². The first-order valence-electron chi connectivity index (χ1n) is 12.3. The van der Waals surface area contributed by atoms with Gasteiger partial charge in [0, 0.05) is 38.1 Å². The van der Waals surface area contributed by atoms with Crippen molar-refractivity contribution in [1.82, 2.24) is 20.1 Å². The van der Waals surface area contributed by atoms with E-state index in [1.807, 2.05) is 31.2 Å². The number of piperidine rings is 2. The maximum absolute atomic E-state index is 13.1. The van der Waals surface area contributed by atoms with Gasteiger partial charge in [-0.2, -0.15) is 0 Å². The monoisotopic (exact) mass is 446 g/mol. The fourth-order valence-corrected chi connectivity index (χ4v) is 5.19. The van der Waals surface area contributed by atoms with E-state index in [0.717, 1.165) is 75.4 Å². The van der Waals surface area contributed by atoms with Crippen LogP contribution in [0, 0.1) is 0 Å². The van der Waals surface area contributed by atoms with Gasteiger partial charge in [-0.3, -0.25) is 14.6 Å². The van der Waals surface area contributed by atoms with E-state index >= 15 is 0 Å². The molecule has 0 bridgehead atoms. The SMILES string of the molecule is CC(C(=O)NC1CCN(Cc2ccccc2)CC1)N1CCCC(c2nc3ccccc3o2)C1. The van der Waals surface area contributed by atoms with Crippen molar-refractivity contribution in [1.29, 1.82) is 0 Å². The molecule has 1 N–H and O–H groups in total. The summed E-state index contributed by atoms with van der Waals surface area (Å²) in [5.74, 6) is 1.19. The zero-order valence-corrected chi connectivity index (χ0v) is 19.5. The van der Waals surface area contributed by atoms with E-state index < -0.39 is 0 Å². The van der Waals surface area contributed by atoms with Gasteiger partial charge in [-0.05, 0) is 56.8 Å². The number of carbonyl (C=O) groups excluding carboxylic acids is 1. The number of nitrogens with zero attached hydrogens (tertiary/aromatic N) is 3. The van der Waals surface area contributed by atoms with Gasteiger partial charge in [-0.25, -0.2) is 4.98 Å². The summed E-state index contributed by atoms with van der Waals surface area (Å²) < 4.78 is 6.03. The summed E-state index contributed by atoms with van der Waals surface area (Å²) in [6.07, 6.45) is 4.13. The standard InChI is InChI=1S/C27H34N4O2/c1-20(26(32)28-23-13-16-30(17-14-23)18-21-8-3-2-4-9-21)31-15-7-10-22(19-31)27-29-24-11-5-6-12-25(24)33-27/h2-6,8-9,11-12,20,22-23H,7,10,13-19H2,1H3,(H,28,32). The molecule has 1 aromatic heterocycles. The maximum Gasteiger partial charge on any atom is 0.237 e. The minimum atomic E-state index is -0.139. The van der Waals surface area contributed by atoms with Crippen molar-refractivity contribution < 1.29 is 9.21 Å². The lowest BCUT2D eigenvalue weighted by Gasteiger charge is -2.37. The van der Waals surface area contributed by atoms with Crippen LogP contribution in [-0.4, -0.2) is 59.0 Å². The number of likely N-dealkylation sites (tertiary alicyclic amines) is 2. The molecule has 5 rings (SSSR count). The smallest absolute Gasteiger partial charge is 0.237 e. The molecule has 6 nitrogen and oxygen atoms in total. The molecule has 2 unspecified atom stereocenters. The number of nitrogens with one attached hydrogen (secondary N) is 1. The van der Waals surface area contributed by atoms with Crippen molar-refractivity contribution in [2.45, 2.75) is 57.2 Å². The highest BCUT2D eigenvalue weighted by Gasteiger charge is 2.31. The van der Waals surface area contributed by atoms with E-state index in [-0.39, 0.29) is 23.9 Å². The number of rotatable bonds is 6. The lowest BCUT2D eigenvalue weighted by Crippen LogP contribution is -2.52. The number of carbonyl (C=O) groups is 1. The second-order valence-electron chi connectivity index (χ2n) is 9.57. The molecule has 3 heterocycles. The number of oxazole rings is 1. The van der Waals surface area contributed by atoms with Crippen LogP contribution < -0.4 is 5.32 Å². The molecule has 2 atom stereocenters. The molecule has 0 radical (unpaired) electrons. The summed E-state index contributed by atoms with van der Waals surface area (Å²) in [6.45, 7) is 6.84. The highest BCUT2D eigenvalue weighted by Crippen LogP contribution is 2.30. The lowest BCUT2D eigenvalue weighted by molar-refractivity contribution is -0.127. The Morgan fingerprint density at radius 2 is 1.82 bits per heavy atom. The first kappa shape index (κ1) is 22.1. The van der Waals surface area contributed by atoms with Gasteiger partial charge in [0.2, 0.25) is 5.91 Å². The van der Waals surface area contributed by atoms with E-state index in [9.17, 15) is 4.79 Å². The highest BCUT2D eigenvalue weighted by molar-refractivity contribution is 5.81. The molecule has 0 spiro atoms. The van der Waals surface area contributed by atoms with E-state index in [0.29, 0.717) is 0 Å². The number of aromatic nitrogens is 1. The first-order valence-corrected chi connectivity index (χ1v) is 12.3. The average Bonchev–Trinajstić information content (AvgIpc) is 3.30. The Morgan fingerprint density at radius 3 is 2.61 bits per heavy atom. The first-order chi connectivity index (χ1) is 16.2. The molecule has 0 saturated carbocycles. The fourth-order valence-electron chi connectivity index (χ4n) is 5.19. The molecular formula is C27H34N4O2. The van der Waals surface area contributed by atoms with Crippen molar-refractivity contribution >= 4 is 17.0 Å². The van der Waals surface area contributed by atoms with Crippen molar-refractivity contribution in [3.8, 4) is 0 Å². The van der Waals surface area contributed by atoms with Crippen molar-refractivity contribution in [3.63, 3.8) is 0 Å². The molecule has 2 aliphatic heterocycles. The van der Waals surface area contributed by atoms with E-state index in [2.05, 4.69) is 45.4 Å². The van der Waals surface area contributed by atoms with Gasteiger partial charge < -0.3 is 9.73 Å². The third kappa shape index (κ3) is 5.28. The van der Waals surface area contributed by atoms with Gasteiger partial charge in [0.05, 0.1) is 6.04 Å². The Kier molecular flexibility index (Phi) is 6.74. The van der Waals surface area contributed by atoms with Crippen molar-refractivity contribution in [2.24, 2.45) is 0 Å². The van der Waals surface area contributed by atoms with Crippen LogP contribution in [0.3, 0.4) is 0 Å². The summed E-state index contributed by atoms with van der Waals surface area (Å²) in [5.41, 5.74) is 3.11. The zero-order chi connectivity index (χ0) is 22.6. The molecule has 174 valence electrons. The quantitative estimate of drug-likeness (QED) is 0.616. The topological polar surface area (TPSA) is 61.6 Å². The Morgan fingerprint density at radius 1 is 1.06 bits per heavy atom. The van der Waals surface area contributed by atoms with Crippen LogP contribution in [0.25, 0.3) is 11.1 Å². The molecule has 3 aromatic rings. The molecular weight excluding hydrogens is 412 g/mol. The number of benzene rings is 2. The number of fused-ring (bicyclic) bond motifs is 1. The molecule has 1 amide bonds. The minimum absolute atomic E-state index is 0.139. The Labute approximate surface area is 196 Å². The van der Waals surface area contributed by atoms with Gasteiger partial charge in [0.15, 0.2) is 11.5 Å². The molecule has 2 fully saturated rings. The van der Waals surface area contributed by atoms with Crippen LogP contribution in [0.1, 0.15) is 50.0 Å². The van der Waals surface area contributed by atoms with Gasteiger partial charge in [-0.1, -0.05) is 42.5 Å². The molecule has 0 aliphatic carbocycles. The normalized spacial score (nSPS) is 21.8. The van der Waals surface area contributed by atoms with Crippen molar-refractivity contribution in [3.05, 3.63) is 66.1 Å². The van der Waals surface area contributed by atoms with Crippen LogP contribution in [0.2, 0.25) is 0 Å². The second-order valence-corrected chi connectivity index (χ2v) is 9.57. The van der Waals surface area contributed by atoms with Crippen LogP contribution in [-0.2, 0) is 11.3 Å². The number of hydrogen-bond donors (Lipinski definition) is 1. The molecule has 2 aromatic carbocycles. The Hall–Kier alpha value is -2.70. The van der Waals surface area contributed by atoms with Gasteiger partial charge in [0.1, 0.15) is 5.52 Å². The van der Waals surface area contributed by atoms with Crippen LogP contribution >= 0.6 is 0 Å². The predicted molar refractivity (Wildman–Crippen MR) is 130 cm³/mol. The van der Waals surface area contributed by atoms with E-state index in [1.165, 1.54) is 5.56 Å². The summed E-state index contributed by atoms with van der Waals surface area (Å²) in [4.78, 5) is 22.5. The largest absolute Gasteiger partial charge is 0.440 e. The van der Waals surface area contributed by atoms with Crippen LogP contribution in [0.15, 0.2) is 59.0 Å². The number of hydrogen-bond acceptors (Lipinski definition) is 5. The predicted octanol–water partition coefficient (Wildman–Crippen LogP) is 4.18. The average molecular weight is 447 g/mol. The van der Waals surface area contributed by atoms with Gasteiger partial charge >= 0.3 is 0 Å². The summed E-state index contributed by atoms with van der Waals surface area (Å²) >= 11 is 0. The number of para-hydroxylation sites is 2. The molecule has 2 aliphatic rings. The molecule has 6 heteroatoms. The maximum atomic E-state index is 13.1. The summed E-state index contributed by atoms with van der Waals surface area (Å²) in [7, 11) is 0. The van der Waals surface area contributed by atoms with E-state index in [4.69, 9.17) is 9.40 Å². The van der Waals surface area contributed by atoms with Crippen LogP contribution in [0.5, 0.6) is 0 Å². The second kappa shape index (κ2) is 10.1. The number of amides is 1. The summed E-state index contributed by atoms with van der Waals surface area (Å²) in [5, 5.41) is 3.33.